The summed E-state index contributed by atoms with van der Waals surface area (Å²) in [7, 11) is 0. The van der Waals surface area contributed by atoms with E-state index in [9.17, 15) is 14.7 Å². The molecule has 3 aromatic heterocycles. The molecule has 0 aliphatic rings. The predicted molar refractivity (Wildman–Crippen MR) is 89.4 cm³/mol. The van der Waals surface area contributed by atoms with Crippen molar-refractivity contribution >= 4 is 11.3 Å². The zero-order valence-electron chi connectivity index (χ0n) is 13.1. The van der Waals surface area contributed by atoms with Crippen LogP contribution < -0.4 is 11.2 Å². The van der Waals surface area contributed by atoms with Crippen molar-refractivity contribution in [3.05, 3.63) is 66.6 Å². The molecule has 126 valence electrons. The van der Waals surface area contributed by atoms with Crippen LogP contribution >= 0.6 is 11.3 Å². The first-order chi connectivity index (χ1) is 11.6. The smallest absolute Gasteiger partial charge is 0.328 e. The molecule has 9 heteroatoms. The molecule has 0 saturated carbocycles. The van der Waals surface area contributed by atoms with Crippen LogP contribution in [-0.4, -0.2) is 36.0 Å². The number of aliphatic hydroxyl groups excluding tert-OH is 1. The summed E-state index contributed by atoms with van der Waals surface area (Å²) in [5.41, 5.74) is -0.447. The molecule has 8 nitrogen and oxygen atoms in total. The summed E-state index contributed by atoms with van der Waals surface area (Å²) in [6.45, 7) is 2.03. The Labute approximate surface area is 141 Å². The molecule has 0 fully saturated rings. The van der Waals surface area contributed by atoms with Crippen LogP contribution in [0.4, 0.5) is 0 Å². The average molecular weight is 347 g/mol. The first-order valence-electron chi connectivity index (χ1n) is 7.43. The second-order valence-corrected chi connectivity index (χ2v) is 6.38. The maximum absolute atomic E-state index is 11.9. The Balaban J connectivity index is 1.91. The van der Waals surface area contributed by atoms with E-state index in [4.69, 9.17) is 0 Å². The van der Waals surface area contributed by atoms with Gasteiger partial charge >= 0.3 is 5.69 Å². The zero-order valence-corrected chi connectivity index (χ0v) is 13.9. The molecule has 0 radical (unpaired) electrons. The van der Waals surface area contributed by atoms with Crippen molar-refractivity contribution in [2.75, 3.05) is 6.61 Å². The van der Waals surface area contributed by atoms with Gasteiger partial charge in [-0.05, 0) is 18.4 Å². The van der Waals surface area contributed by atoms with Gasteiger partial charge in [-0.25, -0.2) is 14.5 Å². The summed E-state index contributed by atoms with van der Waals surface area (Å²) in [5, 5.41) is 15.6. The minimum absolute atomic E-state index is 0.0750. The number of hydrogen-bond acceptors (Lipinski definition) is 6. The molecule has 24 heavy (non-hydrogen) atoms. The fourth-order valence-electron chi connectivity index (χ4n) is 2.35. The van der Waals surface area contributed by atoms with Crippen molar-refractivity contribution in [3.8, 4) is 0 Å². The minimum Gasteiger partial charge on any atom is -0.394 e. The van der Waals surface area contributed by atoms with E-state index in [1.807, 2.05) is 17.5 Å². The number of aromatic nitrogens is 5. The lowest BCUT2D eigenvalue weighted by Crippen LogP contribution is -2.31. The first-order valence-corrected chi connectivity index (χ1v) is 8.31. The highest BCUT2D eigenvalue weighted by molar-refractivity contribution is 7.09. The second-order valence-electron chi connectivity index (χ2n) is 5.35. The van der Waals surface area contributed by atoms with Gasteiger partial charge in [-0.2, -0.15) is 5.10 Å². The molecule has 0 atom stereocenters. The number of nitrogens with one attached hydrogen (secondary N) is 1. The Bertz CT molecular complexity index is 939. The number of H-pyrrole nitrogens is 1. The third-order valence-electron chi connectivity index (χ3n) is 3.52. The van der Waals surface area contributed by atoms with Crippen molar-refractivity contribution in [2.45, 2.75) is 26.4 Å². The Hall–Kier alpha value is -2.52. The number of aryl methyl sites for hydroxylation is 1. The van der Waals surface area contributed by atoms with Crippen molar-refractivity contribution < 1.29 is 5.11 Å². The normalized spacial score (nSPS) is 11.1. The summed E-state index contributed by atoms with van der Waals surface area (Å²) in [4.78, 5) is 31.3. The number of hydrogen-bond donors (Lipinski definition) is 2. The lowest BCUT2D eigenvalue weighted by atomic mass is 10.3. The predicted octanol–water partition coefficient (Wildman–Crippen LogP) is 0.129. The van der Waals surface area contributed by atoms with Gasteiger partial charge in [0, 0.05) is 23.1 Å². The molecule has 3 aromatic rings. The third kappa shape index (κ3) is 3.52. The molecule has 0 saturated heterocycles. The summed E-state index contributed by atoms with van der Waals surface area (Å²) in [5.74, 6) is 1.19. The first kappa shape index (κ1) is 16.3. The number of aliphatic hydroxyl groups is 1. The topological polar surface area (TPSA) is 106 Å². The molecule has 0 amide bonds. The van der Waals surface area contributed by atoms with Gasteiger partial charge in [0.1, 0.15) is 5.82 Å². The maximum Gasteiger partial charge on any atom is 0.328 e. The molecule has 3 heterocycles. The molecular formula is C15H17N5O3S. The van der Waals surface area contributed by atoms with Crippen molar-refractivity contribution in [1.82, 2.24) is 24.3 Å². The quantitative estimate of drug-likeness (QED) is 0.659. The van der Waals surface area contributed by atoms with Gasteiger partial charge in [0.05, 0.1) is 19.7 Å². The van der Waals surface area contributed by atoms with Crippen LogP contribution in [0.5, 0.6) is 0 Å². The number of thiophene rings is 1. The molecule has 0 aliphatic heterocycles. The van der Waals surface area contributed by atoms with E-state index < -0.39 is 11.2 Å². The fourth-order valence-corrected chi connectivity index (χ4v) is 3.05. The molecular weight excluding hydrogens is 330 g/mol. The minimum atomic E-state index is -0.496. The Kier molecular flexibility index (Phi) is 4.72. The van der Waals surface area contributed by atoms with E-state index in [0.717, 1.165) is 4.88 Å². The van der Waals surface area contributed by atoms with Crippen molar-refractivity contribution in [3.63, 3.8) is 0 Å². The molecule has 0 bridgehead atoms. The van der Waals surface area contributed by atoms with Crippen LogP contribution in [-0.2, 0) is 19.5 Å². The van der Waals surface area contributed by atoms with Crippen LogP contribution in [0.1, 0.15) is 22.1 Å². The number of rotatable bonds is 6. The van der Waals surface area contributed by atoms with E-state index in [0.29, 0.717) is 30.2 Å². The molecule has 2 N–H and O–H groups in total. The number of aromatic amines is 1. The SMILES string of the molecule is Cc1cn(Cc2nc(Cc3cccs3)nn2CCO)c(=O)[nH]c1=O. The average Bonchev–Trinajstić information content (AvgIpc) is 3.16. The van der Waals surface area contributed by atoms with Gasteiger partial charge in [0.15, 0.2) is 5.82 Å². The lowest BCUT2D eigenvalue weighted by Gasteiger charge is -2.06. The molecule has 0 spiro atoms. The number of nitrogens with zero attached hydrogens (tertiary/aromatic N) is 4. The maximum atomic E-state index is 11.9. The van der Waals surface area contributed by atoms with Crippen molar-refractivity contribution in [2.24, 2.45) is 0 Å². The standard InChI is InChI=1S/C15H17N5O3S/c1-10-8-19(15(23)17-14(10)22)9-13-16-12(18-20(13)4-5-21)7-11-3-2-6-24-11/h2-3,6,8,21H,4-5,7,9H2,1H3,(H,17,22,23). The van der Waals surface area contributed by atoms with Gasteiger partial charge in [0.2, 0.25) is 0 Å². The van der Waals surface area contributed by atoms with Gasteiger partial charge < -0.3 is 5.11 Å². The summed E-state index contributed by atoms with van der Waals surface area (Å²) >= 11 is 1.62. The zero-order chi connectivity index (χ0) is 17.1. The van der Waals surface area contributed by atoms with Crippen LogP contribution in [0.2, 0.25) is 0 Å². The Morgan fingerprint density at radius 1 is 1.38 bits per heavy atom. The monoisotopic (exact) mass is 347 g/mol. The largest absolute Gasteiger partial charge is 0.394 e. The highest BCUT2D eigenvalue weighted by Gasteiger charge is 2.12. The van der Waals surface area contributed by atoms with Crippen LogP contribution in [0.15, 0.2) is 33.3 Å². The summed E-state index contributed by atoms with van der Waals surface area (Å²) < 4.78 is 2.97. The van der Waals surface area contributed by atoms with E-state index in [1.165, 1.54) is 10.8 Å². The summed E-state index contributed by atoms with van der Waals surface area (Å²) in [6, 6.07) is 3.97. The van der Waals surface area contributed by atoms with Gasteiger partial charge in [0.25, 0.3) is 5.56 Å². The second kappa shape index (κ2) is 6.93. The molecule has 0 unspecified atom stereocenters. The molecule has 0 aromatic carbocycles. The Morgan fingerprint density at radius 2 is 2.21 bits per heavy atom. The van der Waals surface area contributed by atoms with E-state index in [1.54, 1.807) is 22.9 Å². The fraction of sp³-hybridized carbons (Fsp3) is 0.333. The molecule has 0 aliphatic carbocycles. The van der Waals surface area contributed by atoms with Gasteiger partial charge in [-0.1, -0.05) is 6.07 Å². The van der Waals surface area contributed by atoms with Gasteiger partial charge in [-0.3, -0.25) is 14.3 Å². The summed E-state index contributed by atoms with van der Waals surface area (Å²) in [6.07, 6.45) is 2.10. The van der Waals surface area contributed by atoms with E-state index >= 15 is 0 Å². The Morgan fingerprint density at radius 3 is 2.92 bits per heavy atom. The van der Waals surface area contributed by atoms with Crippen LogP contribution in [0.3, 0.4) is 0 Å². The van der Waals surface area contributed by atoms with E-state index in [2.05, 4.69) is 15.1 Å². The lowest BCUT2D eigenvalue weighted by molar-refractivity contribution is 0.266. The van der Waals surface area contributed by atoms with Crippen molar-refractivity contribution in [1.29, 1.82) is 0 Å². The van der Waals surface area contributed by atoms with E-state index in [-0.39, 0.29) is 13.2 Å². The third-order valence-corrected chi connectivity index (χ3v) is 4.39. The van der Waals surface area contributed by atoms with Crippen LogP contribution in [0, 0.1) is 6.92 Å². The van der Waals surface area contributed by atoms with Crippen LogP contribution in [0.25, 0.3) is 0 Å². The van der Waals surface area contributed by atoms with Gasteiger partial charge in [-0.15, -0.1) is 11.3 Å². The molecule has 3 rings (SSSR count). The highest BCUT2D eigenvalue weighted by Crippen LogP contribution is 2.13. The highest BCUT2D eigenvalue weighted by atomic mass is 32.1.